The number of aryl methyl sites for hydroxylation is 1. The molecule has 0 bridgehead atoms. The molecule has 124 valence electrons. The van der Waals surface area contributed by atoms with E-state index in [9.17, 15) is 4.79 Å². The van der Waals surface area contributed by atoms with Gasteiger partial charge in [-0.2, -0.15) is 5.10 Å². The Kier molecular flexibility index (Phi) is 5.07. The second kappa shape index (κ2) is 6.54. The Hall–Kier alpha value is -1.52. The van der Waals surface area contributed by atoms with Gasteiger partial charge in [-0.15, -0.1) is 0 Å². The molecule has 0 N–H and O–H groups in total. The highest BCUT2D eigenvalue weighted by atomic mass is 35.5. The molecule has 1 amide bonds. The van der Waals surface area contributed by atoms with Crippen molar-refractivity contribution in [3.63, 3.8) is 0 Å². The van der Waals surface area contributed by atoms with Crippen LogP contribution in [0.25, 0.3) is 0 Å². The van der Waals surface area contributed by atoms with Crippen LogP contribution in [0.5, 0.6) is 0 Å². The second-order valence-corrected chi connectivity index (χ2v) is 7.51. The molecule has 0 saturated heterocycles. The molecule has 0 fully saturated rings. The van der Waals surface area contributed by atoms with Crippen molar-refractivity contribution in [2.75, 3.05) is 7.05 Å². The average molecular weight is 354 g/mol. The number of carbonyl (C=O) groups is 1. The first-order valence-electron chi connectivity index (χ1n) is 7.33. The van der Waals surface area contributed by atoms with Crippen LogP contribution in [-0.4, -0.2) is 27.6 Å². The Morgan fingerprint density at radius 2 is 1.87 bits per heavy atom. The van der Waals surface area contributed by atoms with Crippen molar-refractivity contribution in [2.24, 2.45) is 7.05 Å². The highest BCUT2D eigenvalue weighted by Gasteiger charge is 2.23. The van der Waals surface area contributed by atoms with Gasteiger partial charge >= 0.3 is 0 Å². The zero-order valence-corrected chi connectivity index (χ0v) is 15.5. The van der Waals surface area contributed by atoms with E-state index in [0.29, 0.717) is 22.3 Å². The Labute approximate surface area is 147 Å². The van der Waals surface area contributed by atoms with Crippen molar-refractivity contribution < 1.29 is 4.79 Å². The third-order valence-corrected chi connectivity index (χ3v) is 4.36. The Morgan fingerprint density at radius 3 is 2.39 bits per heavy atom. The van der Waals surface area contributed by atoms with E-state index in [1.165, 1.54) is 0 Å². The highest BCUT2D eigenvalue weighted by molar-refractivity contribution is 6.42. The molecule has 1 aromatic heterocycles. The molecule has 0 spiro atoms. The standard InChI is InChI=1S/C17H21Cl2N3O/c1-17(2,3)15-9-14(22(5)20-15)16(23)21(4)10-11-6-7-12(18)13(19)8-11/h6-9H,10H2,1-5H3. The molecular weight excluding hydrogens is 333 g/mol. The minimum Gasteiger partial charge on any atom is -0.336 e. The van der Waals surface area contributed by atoms with Crippen LogP contribution in [0.4, 0.5) is 0 Å². The third-order valence-electron chi connectivity index (χ3n) is 3.62. The summed E-state index contributed by atoms with van der Waals surface area (Å²) in [6.07, 6.45) is 0. The average Bonchev–Trinajstić information content (AvgIpc) is 2.84. The first-order chi connectivity index (χ1) is 10.6. The third kappa shape index (κ3) is 4.06. The molecule has 0 saturated carbocycles. The first kappa shape index (κ1) is 17.8. The maximum Gasteiger partial charge on any atom is 0.272 e. The summed E-state index contributed by atoms with van der Waals surface area (Å²) in [7, 11) is 3.55. The number of carbonyl (C=O) groups excluding carboxylic acids is 1. The van der Waals surface area contributed by atoms with Crippen LogP contribution in [0.2, 0.25) is 10.0 Å². The van der Waals surface area contributed by atoms with E-state index in [1.54, 1.807) is 35.8 Å². The van der Waals surface area contributed by atoms with Gasteiger partial charge < -0.3 is 4.90 Å². The van der Waals surface area contributed by atoms with Crippen molar-refractivity contribution in [1.29, 1.82) is 0 Å². The van der Waals surface area contributed by atoms with Crippen LogP contribution < -0.4 is 0 Å². The second-order valence-electron chi connectivity index (χ2n) is 6.70. The van der Waals surface area contributed by atoms with Gasteiger partial charge in [-0.3, -0.25) is 9.48 Å². The molecule has 4 nitrogen and oxygen atoms in total. The lowest BCUT2D eigenvalue weighted by molar-refractivity contribution is 0.0774. The van der Waals surface area contributed by atoms with E-state index in [1.807, 2.05) is 12.1 Å². The Morgan fingerprint density at radius 1 is 1.22 bits per heavy atom. The van der Waals surface area contributed by atoms with E-state index in [0.717, 1.165) is 11.3 Å². The molecule has 0 radical (unpaired) electrons. The Balaban J connectivity index is 2.19. The fraction of sp³-hybridized carbons (Fsp3) is 0.412. The number of nitrogens with zero attached hydrogens (tertiary/aromatic N) is 3. The summed E-state index contributed by atoms with van der Waals surface area (Å²) in [6, 6.07) is 7.23. The zero-order chi connectivity index (χ0) is 17.4. The lowest BCUT2D eigenvalue weighted by Gasteiger charge is -2.17. The molecule has 0 atom stereocenters. The van der Waals surface area contributed by atoms with Gasteiger partial charge in [-0.25, -0.2) is 0 Å². The lowest BCUT2D eigenvalue weighted by atomic mass is 9.92. The van der Waals surface area contributed by atoms with Gasteiger partial charge in [0, 0.05) is 26.1 Å². The normalized spacial score (nSPS) is 11.6. The van der Waals surface area contributed by atoms with Crippen LogP contribution in [0.1, 0.15) is 42.5 Å². The molecule has 6 heteroatoms. The number of benzene rings is 1. The van der Waals surface area contributed by atoms with E-state index >= 15 is 0 Å². The largest absolute Gasteiger partial charge is 0.336 e. The number of amides is 1. The number of aromatic nitrogens is 2. The molecule has 2 rings (SSSR count). The summed E-state index contributed by atoms with van der Waals surface area (Å²) >= 11 is 11.9. The number of halogens is 2. The SMILES string of the molecule is CN(Cc1ccc(Cl)c(Cl)c1)C(=O)c1cc(C(C)(C)C)nn1C. The van der Waals surface area contributed by atoms with E-state index in [2.05, 4.69) is 25.9 Å². The summed E-state index contributed by atoms with van der Waals surface area (Å²) in [5, 5.41) is 5.44. The summed E-state index contributed by atoms with van der Waals surface area (Å²) in [6.45, 7) is 6.67. The molecule has 0 aliphatic heterocycles. The van der Waals surface area contributed by atoms with Gasteiger partial charge in [0.2, 0.25) is 0 Å². The molecule has 2 aromatic rings. The van der Waals surface area contributed by atoms with Crippen LogP contribution >= 0.6 is 23.2 Å². The maximum atomic E-state index is 12.7. The number of hydrogen-bond acceptors (Lipinski definition) is 2. The molecule has 0 aliphatic rings. The topological polar surface area (TPSA) is 38.1 Å². The minimum atomic E-state index is -0.0986. The quantitative estimate of drug-likeness (QED) is 0.824. The fourth-order valence-corrected chi connectivity index (χ4v) is 2.53. The van der Waals surface area contributed by atoms with E-state index < -0.39 is 0 Å². The molecule has 1 aromatic carbocycles. The molecule has 0 unspecified atom stereocenters. The van der Waals surface area contributed by atoms with E-state index in [-0.39, 0.29) is 11.3 Å². The van der Waals surface area contributed by atoms with Gasteiger partial charge in [-0.1, -0.05) is 50.0 Å². The smallest absolute Gasteiger partial charge is 0.272 e. The van der Waals surface area contributed by atoms with Crippen LogP contribution in [0.3, 0.4) is 0 Å². The summed E-state index contributed by atoms with van der Waals surface area (Å²) in [4.78, 5) is 14.3. The van der Waals surface area contributed by atoms with Crippen LogP contribution in [0, 0.1) is 0 Å². The van der Waals surface area contributed by atoms with E-state index in [4.69, 9.17) is 23.2 Å². The minimum absolute atomic E-state index is 0.0819. The molecule has 1 heterocycles. The van der Waals surface area contributed by atoms with Crippen molar-refractivity contribution in [2.45, 2.75) is 32.7 Å². The highest BCUT2D eigenvalue weighted by Crippen LogP contribution is 2.24. The van der Waals surface area contributed by atoms with Crippen molar-refractivity contribution in [1.82, 2.24) is 14.7 Å². The monoisotopic (exact) mass is 353 g/mol. The number of rotatable bonds is 3. The molecule has 23 heavy (non-hydrogen) atoms. The van der Waals surface area contributed by atoms with Gasteiger partial charge in [0.15, 0.2) is 0 Å². The van der Waals surface area contributed by atoms with Gasteiger partial charge in [0.05, 0.1) is 15.7 Å². The van der Waals surface area contributed by atoms with Crippen LogP contribution in [-0.2, 0) is 19.0 Å². The summed E-state index contributed by atoms with van der Waals surface area (Å²) < 4.78 is 1.63. The molecular formula is C17H21Cl2N3O. The zero-order valence-electron chi connectivity index (χ0n) is 14.0. The van der Waals surface area contributed by atoms with Crippen LogP contribution in [0.15, 0.2) is 24.3 Å². The van der Waals surface area contributed by atoms with Crippen molar-refractivity contribution in [3.05, 3.63) is 51.3 Å². The predicted molar refractivity (Wildman–Crippen MR) is 94.2 cm³/mol. The summed E-state index contributed by atoms with van der Waals surface area (Å²) in [5.41, 5.74) is 2.29. The first-order valence-corrected chi connectivity index (χ1v) is 8.09. The summed E-state index contributed by atoms with van der Waals surface area (Å²) in [5.74, 6) is -0.0819. The van der Waals surface area contributed by atoms with Crippen molar-refractivity contribution >= 4 is 29.1 Å². The maximum absolute atomic E-state index is 12.7. The van der Waals surface area contributed by atoms with Crippen molar-refractivity contribution in [3.8, 4) is 0 Å². The van der Waals surface area contributed by atoms with Gasteiger partial charge in [-0.05, 0) is 23.8 Å². The lowest BCUT2D eigenvalue weighted by Crippen LogP contribution is -2.28. The fourth-order valence-electron chi connectivity index (χ4n) is 2.21. The van der Waals surface area contributed by atoms with Gasteiger partial charge in [0.25, 0.3) is 5.91 Å². The predicted octanol–water partition coefficient (Wildman–Crippen LogP) is 4.30. The van der Waals surface area contributed by atoms with Gasteiger partial charge in [0.1, 0.15) is 5.69 Å². The molecule has 0 aliphatic carbocycles. The number of hydrogen-bond donors (Lipinski definition) is 0. The Bertz CT molecular complexity index is 732.